The average Bonchev–Trinajstić information content (AvgIpc) is 3.06. The Kier molecular flexibility index (Phi) is 4.10. The maximum Gasteiger partial charge on any atom is 0.314 e. The summed E-state index contributed by atoms with van der Waals surface area (Å²) in [6.07, 6.45) is 3.08. The smallest absolute Gasteiger partial charge is 0.314 e. The number of amides is 2. The SMILES string of the molecule is N#Cc1cn[nH]c1NC(=O)C(=O)NC[C@@H]1CCCO1. The third-order valence-corrected chi connectivity index (χ3v) is 2.72. The minimum atomic E-state index is -0.848. The summed E-state index contributed by atoms with van der Waals surface area (Å²) in [4.78, 5) is 23.1. The van der Waals surface area contributed by atoms with Crippen molar-refractivity contribution in [2.45, 2.75) is 18.9 Å². The van der Waals surface area contributed by atoms with E-state index in [1.165, 1.54) is 6.20 Å². The number of rotatable bonds is 3. The number of hydrogen-bond donors (Lipinski definition) is 3. The third-order valence-electron chi connectivity index (χ3n) is 2.72. The molecule has 8 heteroatoms. The summed E-state index contributed by atoms with van der Waals surface area (Å²) >= 11 is 0. The van der Waals surface area contributed by atoms with Gasteiger partial charge in [0.25, 0.3) is 0 Å². The first-order chi connectivity index (χ1) is 9.20. The first-order valence-electron chi connectivity index (χ1n) is 5.85. The van der Waals surface area contributed by atoms with Gasteiger partial charge in [0.2, 0.25) is 0 Å². The van der Waals surface area contributed by atoms with E-state index in [9.17, 15) is 9.59 Å². The first kappa shape index (κ1) is 13.0. The predicted octanol–water partition coefficient (Wildman–Crippen LogP) is -0.485. The molecule has 8 nitrogen and oxygen atoms in total. The molecule has 3 N–H and O–H groups in total. The van der Waals surface area contributed by atoms with Crippen LogP contribution in [0, 0.1) is 11.3 Å². The summed E-state index contributed by atoms with van der Waals surface area (Å²) in [5.41, 5.74) is 0.167. The second-order valence-corrected chi connectivity index (χ2v) is 4.07. The molecular weight excluding hydrogens is 250 g/mol. The van der Waals surface area contributed by atoms with Gasteiger partial charge in [0, 0.05) is 13.2 Å². The van der Waals surface area contributed by atoms with E-state index in [1.807, 2.05) is 6.07 Å². The third kappa shape index (κ3) is 3.29. The molecule has 1 aliphatic heterocycles. The number of ether oxygens (including phenoxy) is 1. The van der Waals surface area contributed by atoms with Crippen molar-refractivity contribution in [3.05, 3.63) is 11.8 Å². The Labute approximate surface area is 109 Å². The van der Waals surface area contributed by atoms with Crippen LogP contribution in [0.5, 0.6) is 0 Å². The van der Waals surface area contributed by atoms with Crippen LogP contribution in [0.3, 0.4) is 0 Å². The molecule has 1 aromatic rings. The normalized spacial score (nSPS) is 17.7. The fraction of sp³-hybridized carbons (Fsp3) is 0.455. The molecule has 0 radical (unpaired) electrons. The van der Waals surface area contributed by atoms with Crippen molar-refractivity contribution in [1.29, 1.82) is 5.26 Å². The van der Waals surface area contributed by atoms with Crippen LogP contribution in [0.1, 0.15) is 18.4 Å². The highest BCUT2D eigenvalue weighted by Gasteiger charge is 2.20. The van der Waals surface area contributed by atoms with Crippen molar-refractivity contribution in [2.75, 3.05) is 18.5 Å². The quantitative estimate of drug-likeness (QED) is 0.636. The Morgan fingerprint density at radius 3 is 3.11 bits per heavy atom. The summed E-state index contributed by atoms with van der Waals surface area (Å²) in [5.74, 6) is -1.51. The lowest BCUT2D eigenvalue weighted by Gasteiger charge is -2.10. The number of carbonyl (C=O) groups is 2. The molecule has 19 heavy (non-hydrogen) atoms. The standard InChI is InChI=1S/C11H13N5O3/c12-4-7-5-14-16-9(7)15-11(18)10(17)13-6-8-2-1-3-19-8/h5,8H,1-3,6H2,(H,13,17)(H2,14,15,16,18)/t8-/m0/s1. The number of hydrogen-bond acceptors (Lipinski definition) is 5. The number of nitrogens with one attached hydrogen (secondary N) is 3. The number of anilines is 1. The van der Waals surface area contributed by atoms with E-state index in [0.29, 0.717) is 13.2 Å². The van der Waals surface area contributed by atoms with Gasteiger partial charge < -0.3 is 15.4 Å². The molecule has 0 spiro atoms. The number of nitrogens with zero attached hydrogens (tertiary/aromatic N) is 2. The summed E-state index contributed by atoms with van der Waals surface area (Å²) in [6, 6.07) is 1.84. The molecule has 2 amide bonds. The molecular formula is C11H13N5O3. The van der Waals surface area contributed by atoms with Gasteiger partial charge in [-0.2, -0.15) is 10.4 Å². The zero-order valence-electron chi connectivity index (χ0n) is 10.1. The van der Waals surface area contributed by atoms with Crippen LogP contribution in [0.25, 0.3) is 0 Å². The monoisotopic (exact) mass is 263 g/mol. The zero-order valence-corrected chi connectivity index (χ0v) is 10.1. The van der Waals surface area contributed by atoms with Gasteiger partial charge in [-0.05, 0) is 12.8 Å². The van der Waals surface area contributed by atoms with Crippen LogP contribution >= 0.6 is 0 Å². The van der Waals surface area contributed by atoms with E-state index >= 15 is 0 Å². The van der Waals surface area contributed by atoms with Crippen LogP contribution in [0.4, 0.5) is 5.82 Å². The topological polar surface area (TPSA) is 120 Å². The summed E-state index contributed by atoms with van der Waals surface area (Å²) < 4.78 is 5.32. The van der Waals surface area contributed by atoms with E-state index in [4.69, 9.17) is 10.00 Å². The predicted molar refractivity (Wildman–Crippen MR) is 63.9 cm³/mol. The Morgan fingerprint density at radius 1 is 1.58 bits per heavy atom. The minimum absolute atomic E-state index is 0.0291. The van der Waals surface area contributed by atoms with Gasteiger partial charge in [-0.25, -0.2) is 0 Å². The van der Waals surface area contributed by atoms with Gasteiger partial charge in [-0.1, -0.05) is 0 Å². The van der Waals surface area contributed by atoms with E-state index in [0.717, 1.165) is 12.8 Å². The lowest BCUT2D eigenvalue weighted by atomic mass is 10.2. The van der Waals surface area contributed by atoms with Crippen molar-refractivity contribution in [1.82, 2.24) is 15.5 Å². The molecule has 1 atom stereocenters. The van der Waals surface area contributed by atoms with Gasteiger partial charge in [-0.15, -0.1) is 0 Å². The molecule has 2 rings (SSSR count). The maximum absolute atomic E-state index is 11.6. The molecule has 1 aliphatic rings. The molecule has 0 aliphatic carbocycles. The Bertz CT molecular complexity index is 513. The molecule has 0 bridgehead atoms. The van der Waals surface area contributed by atoms with Gasteiger partial charge in [-0.3, -0.25) is 14.7 Å². The van der Waals surface area contributed by atoms with Gasteiger partial charge >= 0.3 is 11.8 Å². The molecule has 0 saturated carbocycles. The highest BCUT2D eigenvalue weighted by molar-refractivity contribution is 6.39. The van der Waals surface area contributed by atoms with E-state index in [1.54, 1.807) is 0 Å². The number of aromatic nitrogens is 2. The molecule has 1 aromatic heterocycles. The minimum Gasteiger partial charge on any atom is -0.376 e. The van der Waals surface area contributed by atoms with Gasteiger partial charge in [0.1, 0.15) is 17.5 Å². The molecule has 100 valence electrons. The second-order valence-electron chi connectivity index (χ2n) is 4.07. The van der Waals surface area contributed by atoms with E-state index in [2.05, 4.69) is 20.8 Å². The van der Waals surface area contributed by atoms with E-state index in [-0.39, 0.29) is 17.5 Å². The molecule has 1 saturated heterocycles. The van der Waals surface area contributed by atoms with E-state index < -0.39 is 11.8 Å². The Hall–Kier alpha value is -2.40. The lowest BCUT2D eigenvalue weighted by molar-refractivity contribution is -0.136. The number of carbonyl (C=O) groups excluding carboxylic acids is 2. The molecule has 1 fully saturated rings. The summed E-state index contributed by atoms with van der Waals surface area (Å²) in [7, 11) is 0. The average molecular weight is 263 g/mol. The maximum atomic E-state index is 11.6. The summed E-state index contributed by atoms with van der Waals surface area (Å²) in [6.45, 7) is 0.993. The van der Waals surface area contributed by atoms with Crippen molar-refractivity contribution in [3.63, 3.8) is 0 Å². The molecule has 2 heterocycles. The molecule has 0 aromatic carbocycles. The Morgan fingerprint density at radius 2 is 2.42 bits per heavy atom. The van der Waals surface area contributed by atoms with Gasteiger partial charge in [0.05, 0.1) is 12.3 Å². The van der Waals surface area contributed by atoms with Crippen LogP contribution in [-0.4, -0.2) is 41.3 Å². The lowest BCUT2D eigenvalue weighted by Crippen LogP contribution is -2.39. The number of H-pyrrole nitrogens is 1. The highest BCUT2D eigenvalue weighted by atomic mass is 16.5. The first-order valence-corrected chi connectivity index (χ1v) is 5.85. The summed E-state index contributed by atoms with van der Waals surface area (Å²) in [5, 5.41) is 19.5. The number of aromatic amines is 1. The number of nitriles is 1. The second kappa shape index (κ2) is 5.97. The van der Waals surface area contributed by atoms with Crippen LogP contribution < -0.4 is 10.6 Å². The van der Waals surface area contributed by atoms with Crippen molar-refractivity contribution < 1.29 is 14.3 Å². The fourth-order valence-corrected chi connectivity index (χ4v) is 1.73. The van der Waals surface area contributed by atoms with Gasteiger partial charge in [0.15, 0.2) is 0 Å². The van der Waals surface area contributed by atoms with Crippen LogP contribution in [0.15, 0.2) is 6.20 Å². The highest BCUT2D eigenvalue weighted by Crippen LogP contribution is 2.11. The van der Waals surface area contributed by atoms with Crippen molar-refractivity contribution >= 4 is 17.6 Å². The molecule has 0 unspecified atom stereocenters. The van der Waals surface area contributed by atoms with Crippen LogP contribution in [0.2, 0.25) is 0 Å². The largest absolute Gasteiger partial charge is 0.376 e. The van der Waals surface area contributed by atoms with Crippen molar-refractivity contribution in [2.24, 2.45) is 0 Å². The zero-order chi connectivity index (χ0) is 13.7. The van der Waals surface area contributed by atoms with Crippen LogP contribution in [-0.2, 0) is 14.3 Å². The Balaban J connectivity index is 1.82. The van der Waals surface area contributed by atoms with Crippen molar-refractivity contribution in [3.8, 4) is 6.07 Å². The fourth-order valence-electron chi connectivity index (χ4n) is 1.73.